The van der Waals surface area contributed by atoms with Gasteiger partial charge in [0.15, 0.2) is 5.82 Å². The fourth-order valence-corrected chi connectivity index (χ4v) is 3.94. The molecule has 0 aliphatic heterocycles. The Morgan fingerprint density at radius 3 is 2.36 bits per heavy atom. The van der Waals surface area contributed by atoms with Crippen molar-refractivity contribution in [1.29, 1.82) is 0 Å². The Balaban J connectivity index is 2.09. The summed E-state index contributed by atoms with van der Waals surface area (Å²) in [5.74, 6) is 1.23. The first kappa shape index (κ1) is 19.4. The Hall–Kier alpha value is -1.97. The normalized spacial score (nSPS) is 12.3. The van der Waals surface area contributed by atoms with E-state index in [1.54, 1.807) is 23.9 Å². The molecule has 0 bridgehead atoms. The van der Waals surface area contributed by atoms with Crippen LogP contribution in [0.3, 0.4) is 0 Å². The van der Waals surface area contributed by atoms with Crippen LogP contribution in [0.15, 0.2) is 35.5 Å². The highest BCUT2D eigenvalue weighted by Gasteiger charge is 2.30. The molecule has 0 saturated carbocycles. The summed E-state index contributed by atoms with van der Waals surface area (Å²) >= 11 is 0. The number of nitrogens with two attached hydrogens (primary N) is 1. The van der Waals surface area contributed by atoms with Crippen LogP contribution in [0.2, 0.25) is 0 Å². The van der Waals surface area contributed by atoms with E-state index >= 15 is 0 Å². The maximum Gasteiger partial charge on any atom is 0.241 e. The van der Waals surface area contributed by atoms with E-state index in [0.717, 1.165) is 0 Å². The predicted molar refractivity (Wildman–Crippen MR) is 94.5 cm³/mol. The number of nitrogens with one attached hydrogen (secondary N) is 1. The van der Waals surface area contributed by atoms with Crippen molar-refractivity contribution in [1.82, 2.24) is 19.5 Å². The minimum absolute atomic E-state index is 0.179. The zero-order valence-electron chi connectivity index (χ0n) is 14.8. The lowest BCUT2D eigenvalue weighted by atomic mass is 9.95. The fourth-order valence-electron chi connectivity index (χ4n) is 2.38. The molecule has 0 unspecified atom stereocenters. The molecule has 2 rings (SSSR count). The molecule has 2 aromatic rings. The number of benzene rings is 1. The summed E-state index contributed by atoms with van der Waals surface area (Å²) in [6, 6.07) is 6.27. The van der Waals surface area contributed by atoms with Crippen LogP contribution in [0.5, 0.6) is 5.75 Å². The molecule has 0 fully saturated rings. The fraction of sp³-hybridized carbons (Fsp3) is 0.500. The average molecular weight is 367 g/mol. The van der Waals surface area contributed by atoms with Gasteiger partial charge in [-0.2, -0.15) is 5.10 Å². The first-order chi connectivity index (χ1) is 11.9. The molecule has 25 heavy (non-hydrogen) atoms. The molecular formula is C16H25N5O3S. The maximum atomic E-state index is 12.6. The van der Waals surface area contributed by atoms with Crippen molar-refractivity contribution in [3.05, 3.63) is 36.4 Å². The lowest BCUT2D eigenvalue weighted by Gasteiger charge is -2.31. The van der Waals surface area contributed by atoms with E-state index < -0.39 is 15.6 Å². The molecular weight excluding hydrogens is 342 g/mol. The smallest absolute Gasteiger partial charge is 0.241 e. The molecule has 3 N–H and O–H groups in total. The molecule has 9 heteroatoms. The van der Waals surface area contributed by atoms with Crippen LogP contribution in [-0.4, -0.2) is 35.3 Å². The molecule has 0 aliphatic carbocycles. The molecule has 0 radical (unpaired) electrons. The van der Waals surface area contributed by atoms with E-state index in [1.807, 2.05) is 13.8 Å². The molecule has 0 amide bonds. The average Bonchev–Trinajstić information content (AvgIpc) is 3.03. The summed E-state index contributed by atoms with van der Waals surface area (Å²) in [5, 5.41) is 3.96. The Morgan fingerprint density at radius 2 is 1.88 bits per heavy atom. The van der Waals surface area contributed by atoms with Gasteiger partial charge in [-0.1, -0.05) is 13.8 Å². The number of aryl methyl sites for hydroxylation is 1. The van der Waals surface area contributed by atoms with Crippen molar-refractivity contribution in [2.75, 3.05) is 6.54 Å². The van der Waals surface area contributed by atoms with E-state index in [2.05, 4.69) is 14.8 Å². The van der Waals surface area contributed by atoms with E-state index in [4.69, 9.17) is 10.5 Å². The third-order valence-electron chi connectivity index (χ3n) is 4.40. The zero-order valence-corrected chi connectivity index (χ0v) is 15.6. The number of nitrogens with zero attached hydrogens (tertiary/aromatic N) is 3. The first-order valence-electron chi connectivity index (χ1n) is 8.15. The minimum Gasteiger partial charge on any atom is -0.486 e. The summed E-state index contributed by atoms with van der Waals surface area (Å²) in [7, 11) is -1.87. The van der Waals surface area contributed by atoms with Crippen molar-refractivity contribution >= 4 is 10.0 Å². The van der Waals surface area contributed by atoms with Gasteiger partial charge in [-0.25, -0.2) is 18.1 Å². The number of sulfonamides is 1. The Kier molecular flexibility index (Phi) is 6.15. The molecule has 0 spiro atoms. The van der Waals surface area contributed by atoms with Gasteiger partial charge in [-0.15, -0.1) is 0 Å². The van der Waals surface area contributed by atoms with Gasteiger partial charge in [0, 0.05) is 19.1 Å². The summed E-state index contributed by atoms with van der Waals surface area (Å²) in [5.41, 5.74) is 5.15. The van der Waals surface area contributed by atoms with Crippen LogP contribution in [0.25, 0.3) is 0 Å². The molecule has 1 heterocycles. The summed E-state index contributed by atoms with van der Waals surface area (Å²) in [4.78, 5) is 4.24. The monoisotopic (exact) mass is 367 g/mol. The summed E-state index contributed by atoms with van der Waals surface area (Å²) in [6.07, 6.45) is 2.70. The van der Waals surface area contributed by atoms with Crippen LogP contribution < -0.4 is 15.2 Å². The van der Waals surface area contributed by atoms with Crippen molar-refractivity contribution in [2.45, 2.75) is 43.7 Å². The Labute approximate surface area is 148 Å². The second-order valence-corrected chi connectivity index (χ2v) is 7.54. The molecule has 0 atom stereocenters. The molecule has 1 aromatic carbocycles. The highest BCUT2D eigenvalue weighted by atomic mass is 32.2. The third-order valence-corrected chi connectivity index (χ3v) is 6.00. The summed E-state index contributed by atoms with van der Waals surface area (Å²) < 4.78 is 35.2. The van der Waals surface area contributed by atoms with Crippen LogP contribution in [0.4, 0.5) is 0 Å². The minimum atomic E-state index is -3.65. The lowest BCUT2D eigenvalue weighted by molar-refractivity contribution is 0.289. The van der Waals surface area contributed by atoms with E-state index in [1.165, 1.54) is 18.5 Å². The lowest BCUT2D eigenvalue weighted by Crippen LogP contribution is -2.52. The van der Waals surface area contributed by atoms with Gasteiger partial charge >= 0.3 is 0 Å². The van der Waals surface area contributed by atoms with Crippen LogP contribution in [0, 0.1) is 0 Å². The molecule has 0 saturated heterocycles. The second-order valence-electron chi connectivity index (χ2n) is 5.86. The predicted octanol–water partition coefficient (Wildman–Crippen LogP) is 1.19. The first-order valence-corrected chi connectivity index (χ1v) is 9.64. The van der Waals surface area contributed by atoms with Gasteiger partial charge in [-0.05, 0) is 37.1 Å². The highest BCUT2D eigenvalue weighted by Crippen LogP contribution is 2.21. The van der Waals surface area contributed by atoms with E-state index in [-0.39, 0.29) is 18.0 Å². The van der Waals surface area contributed by atoms with Crippen molar-refractivity contribution in [2.24, 2.45) is 12.8 Å². The van der Waals surface area contributed by atoms with Crippen LogP contribution >= 0.6 is 0 Å². The Bertz CT molecular complexity index is 774. The van der Waals surface area contributed by atoms with Crippen molar-refractivity contribution in [3.8, 4) is 5.75 Å². The Morgan fingerprint density at radius 1 is 1.24 bits per heavy atom. The SMILES string of the molecule is CCC(CC)(CN)NS(=O)(=O)c1ccc(OCc2ncnn2C)cc1. The number of hydrogen-bond acceptors (Lipinski definition) is 6. The van der Waals surface area contributed by atoms with Gasteiger partial charge in [0.2, 0.25) is 10.0 Å². The maximum absolute atomic E-state index is 12.6. The van der Waals surface area contributed by atoms with Gasteiger partial charge in [-0.3, -0.25) is 4.68 Å². The zero-order chi connectivity index (χ0) is 18.5. The van der Waals surface area contributed by atoms with Crippen molar-refractivity contribution < 1.29 is 13.2 Å². The molecule has 1 aromatic heterocycles. The van der Waals surface area contributed by atoms with Crippen LogP contribution in [0.1, 0.15) is 32.5 Å². The van der Waals surface area contributed by atoms with Gasteiger partial charge < -0.3 is 10.5 Å². The highest BCUT2D eigenvalue weighted by molar-refractivity contribution is 7.89. The van der Waals surface area contributed by atoms with E-state index in [0.29, 0.717) is 24.4 Å². The second kappa shape index (κ2) is 7.94. The van der Waals surface area contributed by atoms with Crippen molar-refractivity contribution in [3.63, 3.8) is 0 Å². The topological polar surface area (TPSA) is 112 Å². The molecule has 138 valence electrons. The quantitative estimate of drug-likeness (QED) is 0.688. The molecule has 8 nitrogen and oxygen atoms in total. The largest absolute Gasteiger partial charge is 0.486 e. The summed E-state index contributed by atoms with van der Waals surface area (Å²) in [6.45, 7) is 4.34. The van der Waals surface area contributed by atoms with Gasteiger partial charge in [0.25, 0.3) is 0 Å². The molecule has 0 aliphatic rings. The number of aromatic nitrogens is 3. The number of rotatable bonds is 9. The third kappa shape index (κ3) is 4.56. The van der Waals surface area contributed by atoms with Gasteiger partial charge in [0.05, 0.1) is 4.90 Å². The van der Waals surface area contributed by atoms with E-state index in [9.17, 15) is 8.42 Å². The standard InChI is InChI=1S/C16H25N5O3S/c1-4-16(5-2,11-17)20-25(22,23)14-8-6-13(7-9-14)24-10-15-18-12-19-21(15)3/h6-9,12,20H,4-5,10-11,17H2,1-3H3. The van der Waals surface area contributed by atoms with Gasteiger partial charge in [0.1, 0.15) is 18.7 Å². The van der Waals surface area contributed by atoms with Crippen LogP contribution in [-0.2, 0) is 23.7 Å². The number of ether oxygens (including phenoxy) is 1. The number of hydrogen-bond donors (Lipinski definition) is 2.